The fraction of sp³-hybridized carbons (Fsp3) is 0.118. The third-order valence-corrected chi connectivity index (χ3v) is 7.65. The van der Waals surface area contributed by atoms with Crippen LogP contribution in [0.3, 0.4) is 0 Å². The fourth-order valence-corrected chi connectivity index (χ4v) is 6.32. The lowest BCUT2D eigenvalue weighted by Gasteiger charge is -2.32. The highest BCUT2D eigenvalue weighted by Gasteiger charge is 2.42. The molecule has 0 saturated carbocycles. The highest BCUT2D eigenvalue weighted by molar-refractivity contribution is 5.95. The van der Waals surface area contributed by atoms with Gasteiger partial charge in [0.05, 0.1) is 5.69 Å². The van der Waals surface area contributed by atoms with Gasteiger partial charge in [-0.15, -0.1) is 0 Å². The maximum Gasteiger partial charge on any atom is 0.0504 e. The Morgan fingerprint density at radius 1 is 0.657 bits per heavy atom. The maximum absolute atomic E-state index is 2.52. The van der Waals surface area contributed by atoms with Gasteiger partial charge in [0, 0.05) is 28.4 Å². The lowest BCUT2D eigenvalue weighted by molar-refractivity contribution is 0.734. The zero-order valence-electron chi connectivity index (χ0n) is 20.1. The van der Waals surface area contributed by atoms with Crippen molar-refractivity contribution >= 4 is 22.6 Å². The van der Waals surface area contributed by atoms with E-state index in [1.54, 1.807) is 0 Å². The zero-order chi connectivity index (χ0) is 23.5. The molecule has 3 aliphatic rings. The van der Waals surface area contributed by atoms with Gasteiger partial charge in [0.1, 0.15) is 0 Å². The van der Waals surface area contributed by atoms with Crippen LogP contribution in [0.25, 0.3) is 22.4 Å². The number of benzene rings is 4. The average molecular weight is 450 g/mol. The van der Waals surface area contributed by atoms with Gasteiger partial charge in [0.15, 0.2) is 0 Å². The largest absolute Gasteiger partial charge is 0.313 e. The quantitative estimate of drug-likeness (QED) is 0.321. The molecule has 1 nitrogen and oxygen atoms in total. The first-order chi connectivity index (χ1) is 17.2. The number of para-hydroxylation sites is 1. The number of allylic oxidation sites excluding steroid dienone is 4. The number of hydrogen-bond donors (Lipinski definition) is 0. The molecule has 2 atom stereocenters. The minimum Gasteiger partial charge on any atom is -0.313 e. The highest BCUT2D eigenvalue weighted by atomic mass is 15.2. The van der Waals surface area contributed by atoms with Crippen molar-refractivity contribution in [3.63, 3.8) is 0 Å². The van der Waals surface area contributed by atoms with E-state index in [1.807, 2.05) is 0 Å². The van der Waals surface area contributed by atoms with Crippen LogP contribution in [-0.2, 0) is 0 Å². The third-order valence-electron chi connectivity index (χ3n) is 7.65. The predicted octanol–water partition coefficient (Wildman–Crippen LogP) is 6.92. The van der Waals surface area contributed by atoms with Crippen LogP contribution in [-0.4, -0.2) is 0 Å². The summed E-state index contributed by atoms with van der Waals surface area (Å²) in [5, 5.41) is 2.70. The van der Waals surface area contributed by atoms with Gasteiger partial charge < -0.3 is 4.90 Å². The number of rotatable bonds is 2. The van der Waals surface area contributed by atoms with Gasteiger partial charge in [-0.1, -0.05) is 108 Å². The summed E-state index contributed by atoms with van der Waals surface area (Å²) in [7, 11) is 0. The van der Waals surface area contributed by atoms with E-state index >= 15 is 0 Å². The van der Waals surface area contributed by atoms with Crippen molar-refractivity contribution < 1.29 is 0 Å². The van der Waals surface area contributed by atoms with Gasteiger partial charge in [0.25, 0.3) is 0 Å². The molecule has 0 amide bonds. The summed E-state index contributed by atoms with van der Waals surface area (Å²) >= 11 is 0. The van der Waals surface area contributed by atoms with Crippen LogP contribution in [0.4, 0.5) is 11.4 Å². The minimum atomic E-state index is 0.296. The molecule has 168 valence electrons. The van der Waals surface area contributed by atoms with Gasteiger partial charge in [-0.2, -0.15) is 0 Å². The molecule has 0 spiro atoms. The van der Waals surface area contributed by atoms with Crippen molar-refractivity contribution in [1.82, 2.24) is 0 Å². The molecule has 0 N–H and O–H groups in total. The Balaban J connectivity index is 1.55. The van der Waals surface area contributed by atoms with Crippen molar-refractivity contribution in [3.05, 3.63) is 142 Å². The summed E-state index contributed by atoms with van der Waals surface area (Å²) in [6.07, 6.45) is 9.11. The minimum absolute atomic E-state index is 0.296. The average Bonchev–Trinajstić information content (AvgIpc) is 3.24. The van der Waals surface area contributed by atoms with Crippen LogP contribution in [0.1, 0.15) is 22.6 Å². The molecule has 2 unspecified atom stereocenters. The summed E-state index contributed by atoms with van der Waals surface area (Å²) in [4.78, 5) is 2.52. The number of anilines is 2. The lowest BCUT2D eigenvalue weighted by Crippen LogP contribution is -2.40. The molecule has 35 heavy (non-hydrogen) atoms. The molecule has 0 aromatic heterocycles. The molecule has 0 bridgehead atoms. The zero-order valence-corrected chi connectivity index (χ0v) is 20.1. The van der Waals surface area contributed by atoms with E-state index in [0.29, 0.717) is 11.8 Å². The normalized spacial score (nSPS) is 19.3. The molecule has 0 fully saturated rings. The summed E-state index contributed by atoms with van der Waals surface area (Å²) in [6, 6.07) is 33.8. The van der Waals surface area contributed by atoms with E-state index in [9.17, 15) is 0 Å². The first-order valence-corrected chi connectivity index (χ1v) is 12.5. The Morgan fingerprint density at radius 2 is 1.40 bits per heavy atom. The van der Waals surface area contributed by atoms with Crippen molar-refractivity contribution in [1.29, 1.82) is 0 Å². The predicted molar refractivity (Wildman–Crippen MR) is 147 cm³/mol. The molecule has 1 heterocycles. The second-order valence-corrected chi connectivity index (χ2v) is 9.95. The van der Waals surface area contributed by atoms with Crippen LogP contribution in [0.2, 0.25) is 0 Å². The molecule has 4 aromatic rings. The fourth-order valence-electron chi connectivity index (χ4n) is 6.32. The van der Waals surface area contributed by atoms with Gasteiger partial charge in [-0.3, -0.25) is 0 Å². The van der Waals surface area contributed by atoms with Crippen LogP contribution in [0.15, 0.2) is 115 Å². The van der Waals surface area contributed by atoms with E-state index in [2.05, 4.69) is 134 Å². The molecule has 0 saturated heterocycles. The first-order valence-electron chi connectivity index (χ1n) is 12.5. The molecule has 1 heteroatoms. The van der Waals surface area contributed by atoms with Gasteiger partial charge in [-0.25, -0.2) is 0 Å². The van der Waals surface area contributed by atoms with E-state index in [4.69, 9.17) is 0 Å². The van der Waals surface area contributed by atoms with Crippen LogP contribution in [0.5, 0.6) is 0 Å². The Hall–Kier alpha value is -4.10. The molecule has 1 aliphatic heterocycles. The van der Waals surface area contributed by atoms with Gasteiger partial charge in [0.2, 0.25) is 0 Å². The molecule has 4 aromatic carbocycles. The maximum atomic E-state index is 2.52. The standard InChI is InChI=1S/C34H27N/c1-22-18-23(2)20-25(19-22)24-16-17-31-32(21-24)35(26-10-4-3-5-11-26)34-30-15-9-7-13-28(30)27-12-6-8-14-29(27)33(31)34/h3-21,29,33H,1-2H3. The van der Waals surface area contributed by atoms with Crippen LogP contribution in [0, 0.1) is 19.8 Å². The van der Waals surface area contributed by atoms with Crippen molar-refractivity contribution in [2.45, 2.75) is 19.8 Å². The number of fused-ring (bicyclic) bond motifs is 6. The lowest BCUT2D eigenvalue weighted by atomic mass is 9.74. The Kier molecular flexibility index (Phi) is 4.47. The summed E-state index contributed by atoms with van der Waals surface area (Å²) in [5.74, 6) is 0.633. The second kappa shape index (κ2) is 7.71. The Labute approximate surface area is 206 Å². The van der Waals surface area contributed by atoms with E-state index in [1.165, 1.54) is 60.9 Å². The van der Waals surface area contributed by atoms with E-state index in [-0.39, 0.29) is 0 Å². The SMILES string of the molecule is Cc1cc(C)cc(-c2ccc3c(c2)N(c2ccccc2)C2=c4ccccc4=C4C=CC=CC4C23)c1. The monoisotopic (exact) mass is 449 g/mol. The molecule has 7 rings (SSSR count). The van der Waals surface area contributed by atoms with Gasteiger partial charge >= 0.3 is 0 Å². The van der Waals surface area contributed by atoms with Crippen molar-refractivity contribution in [2.75, 3.05) is 4.90 Å². The van der Waals surface area contributed by atoms with Crippen molar-refractivity contribution in [2.24, 2.45) is 5.92 Å². The third kappa shape index (κ3) is 3.08. The molecule has 0 radical (unpaired) electrons. The molecular weight excluding hydrogens is 422 g/mol. The van der Waals surface area contributed by atoms with E-state index in [0.717, 1.165) is 0 Å². The first kappa shape index (κ1) is 20.3. The van der Waals surface area contributed by atoms with E-state index < -0.39 is 0 Å². The van der Waals surface area contributed by atoms with Crippen molar-refractivity contribution in [3.8, 4) is 11.1 Å². The Bertz CT molecular complexity index is 1650. The van der Waals surface area contributed by atoms with Crippen LogP contribution >= 0.6 is 0 Å². The summed E-state index contributed by atoms with van der Waals surface area (Å²) < 4.78 is 0. The summed E-state index contributed by atoms with van der Waals surface area (Å²) in [5.41, 5.74) is 11.9. The number of hydrogen-bond acceptors (Lipinski definition) is 1. The molecule has 2 aliphatic carbocycles. The van der Waals surface area contributed by atoms with Crippen LogP contribution < -0.4 is 15.3 Å². The highest BCUT2D eigenvalue weighted by Crippen LogP contribution is 2.55. The Morgan fingerprint density at radius 3 is 2.20 bits per heavy atom. The topological polar surface area (TPSA) is 3.24 Å². The second-order valence-electron chi connectivity index (χ2n) is 9.95. The van der Waals surface area contributed by atoms with Gasteiger partial charge in [-0.05, 0) is 59.5 Å². The molecular formula is C34H27N. The smallest absolute Gasteiger partial charge is 0.0504 e. The summed E-state index contributed by atoms with van der Waals surface area (Å²) in [6.45, 7) is 4.36. The number of nitrogens with zero attached hydrogens (tertiary/aromatic N) is 1. The number of aryl methyl sites for hydroxylation is 2.